The average Bonchev–Trinajstić information content (AvgIpc) is 3.03. The molecule has 0 bridgehead atoms. The van der Waals surface area contributed by atoms with E-state index in [2.05, 4.69) is 0 Å². The number of halogens is 2. The zero-order valence-electron chi connectivity index (χ0n) is 17.7. The molecule has 2 aromatic carbocycles. The van der Waals surface area contributed by atoms with Gasteiger partial charge in [0.2, 0.25) is 0 Å². The molecule has 0 spiro atoms. The highest BCUT2D eigenvalue weighted by atomic mass is 35.5. The second-order valence-electron chi connectivity index (χ2n) is 8.54. The molecule has 172 valence electrons. The summed E-state index contributed by atoms with van der Waals surface area (Å²) in [4.78, 5) is 50.7. The van der Waals surface area contributed by atoms with Crippen molar-refractivity contribution in [1.29, 1.82) is 0 Å². The maximum absolute atomic E-state index is 13.5. The Morgan fingerprint density at radius 1 is 1.09 bits per heavy atom. The normalized spacial score (nSPS) is 22.3. The molecule has 33 heavy (non-hydrogen) atoms. The van der Waals surface area contributed by atoms with E-state index in [0.29, 0.717) is 29.3 Å². The highest BCUT2D eigenvalue weighted by molar-refractivity contribution is 6.42. The molecule has 8 nitrogen and oxygen atoms in total. The summed E-state index contributed by atoms with van der Waals surface area (Å²) in [5.74, 6) is -2.18. The molecule has 2 aromatic rings. The van der Waals surface area contributed by atoms with Crippen molar-refractivity contribution in [3.63, 3.8) is 0 Å². The van der Waals surface area contributed by atoms with E-state index in [-0.39, 0.29) is 22.8 Å². The van der Waals surface area contributed by atoms with Crippen molar-refractivity contribution < 1.29 is 19.3 Å². The largest absolute Gasteiger partial charge is 0.273 e. The molecule has 1 aliphatic heterocycles. The second-order valence-corrected chi connectivity index (χ2v) is 9.35. The molecule has 1 saturated heterocycles. The molecule has 3 amide bonds. The van der Waals surface area contributed by atoms with Crippen LogP contribution < -0.4 is 0 Å². The first-order chi connectivity index (χ1) is 15.7. The number of nitrogens with zero attached hydrogens (tertiary/aromatic N) is 3. The number of nitro groups is 1. The van der Waals surface area contributed by atoms with E-state index in [1.807, 2.05) is 6.92 Å². The number of non-ortho nitro benzene ring substituents is 1. The number of hydrogen-bond acceptors (Lipinski definition) is 5. The Morgan fingerprint density at radius 2 is 1.82 bits per heavy atom. The van der Waals surface area contributed by atoms with Gasteiger partial charge < -0.3 is 0 Å². The van der Waals surface area contributed by atoms with Gasteiger partial charge in [-0.25, -0.2) is 5.01 Å². The van der Waals surface area contributed by atoms with Crippen LogP contribution in [-0.4, -0.2) is 32.7 Å². The minimum Gasteiger partial charge on any atom is -0.272 e. The molecule has 0 unspecified atom stereocenters. The first-order valence-corrected chi connectivity index (χ1v) is 11.3. The van der Waals surface area contributed by atoms with Gasteiger partial charge in [0.25, 0.3) is 23.4 Å². The zero-order valence-corrected chi connectivity index (χ0v) is 19.3. The van der Waals surface area contributed by atoms with E-state index in [1.54, 1.807) is 18.2 Å². The van der Waals surface area contributed by atoms with Gasteiger partial charge in [-0.1, -0.05) is 42.3 Å². The third-order valence-corrected chi connectivity index (χ3v) is 7.00. The summed E-state index contributed by atoms with van der Waals surface area (Å²) in [6, 6.07) is 9.95. The van der Waals surface area contributed by atoms with Gasteiger partial charge in [-0.05, 0) is 48.9 Å². The summed E-state index contributed by atoms with van der Waals surface area (Å²) in [6.45, 7) is 1.91. The van der Waals surface area contributed by atoms with Gasteiger partial charge in [0.15, 0.2) is 0 Å². The van der Waals surface area contributed by atoms with Gasteiger partial charge >= 0.3 is 0 Å². The average molecular weight is 490 g/mol. The Bertz CT molecular complexity index is 1150. The van der Waals surface area contributed by atoms with E-state index >= 15 is 0 Å². The summed E-state index contributed by atoms with van der Waals surface area (Å²) < 4.78 is 0. The van der Waals surface area contributed by atoms with Gasteiger partial charge in [-0.15, -0.1) is 0 Å². The number of rotatable bonds is 5. The molecule has 1 saturated carbocycles. The zero-order chi connectivity index (χ0) is 23.9. The van der Waals surface area contributed by atoms with Crippen molar-refractivity contribution in [3.8, 4) is 0 Å². The maximum Gasteiger partial charge on any atom is 0.273 e. The molecule has 2 aliphatic rings. The fraction of sp³-hybridized carbons (Fsp3) is 0.348. The molecular formula is C23H21Cl2N3O5. The molecule has 4 rings (SSSR count). The Labute approximate surface area is 200 Å². The highest BCUT2D eigenvalue weighted by Crippen LogP contribution is 2.41. The molecule has 0 aromatic heterocycles. The van der Waals surface area contributed by atoms with E-state index in [1.165, 1.54) is 18.2 Å². The molecule has 3 atom stereocenters. The van der Waals surface area contributed by atoms with Crippen molar-refractivity contribution in [2.24, 2.45) is 17.8 Å². The van der Waals surface area contributed by atoms with E-state index in [9.17, 15) is 24.5 Å². The van der Waals surface area contributed by atoms with Gasteiger partial charge in [-0.3, -0.25) is 24.5 Å². The van der Waals surface area contributed by atoms with Gasteiger partial charge in [0.1, 0.15) is 0 Å². The number of imide groups is 1. The van der Waals surface area contributed by atoms with Gasteiger partial charge in [0.05, 0.1) is 33.3 Å². The van der Waals surface area contributed by atoms with Crippen molar-refractivity contribution in [1.82, 2.24) is 10.0 Å². The molecule has 0 N–H and O–H groups in total. The van der Waals surface area contributed by atoms with Crippen LogP contribution in [0.5, 0.6) is 0 Å². The van der Waals surface area contributed by atoms with Crippen LogP contribution in [0.1, 0.15) is 42.1 Å². The Kier molecular flexibility index (Phi) is 6.41. The minimum atomic E-state index is -0.696. The number of fused-ring (bicyclic) bond motifs is 1. The topological polar surface area (TPSA) is 101 Å². The van der Waals surface area contributed by atoms with E-state index in [0.717, 1.165) is 22.5 Å². The van der Waals surface area contributed by atoms with Crippen LogP contribution in [0.4, 0.5) is 5.69 Å². The number of benzene rings is 2. The molecule has 1 heterocycles. The highest BCUT2D eigenvalue weighted by Gasteiger charge is 2.52. The van der Waals surface area contributed by atoms with Crippen LogP contribution >= 0.6 is 23.2 Å². The molecular weight excluding hydrogens is 469 g/mol. The fourth-order valence-corrected chi connectivity index (χ4v) is 4.88. The number of hydrogen-bond donors (Lipinski definition) is 0. The number of carbonyl (C=O) groups excluding carboxylic acids is 3. The summed E-state index contributed by atoms with van der Waals surface area (Å²) in [5, 5.41) is 13.8. The van der Waals surface area contributed by atoms with E-state index in [4.69, 9.17) is 23.2 Å². The van der Waals surface area contributed by atoms with Crippen LogP contribution in [0.3, 0.4) is 0 Å². The summed E-state index contributed by atoms with van der Waals surface area (Å²) in [7, 11) is 0. The Morgan fingerprint density at radius 3 is 2.52 bits per heavy atom. The summed E-state index contributed by atoms with van der Waals surface area (Å²) >= 11 is 12.1. The van der Waals surface area contributed by atoms with Crippen LogP contribution in [0.15, 0.2) is 42.5 Å². The first-order valence-electron chi connectivity index (χ1n) is 10.6. The Balaban J connectivity index is 1.74. The second kappa shape index (κ2) is 9.11. The van der Waals surface area contributed by atoms with Crippen molar-refractivity contribution >= 4 is 46.6 Å². The first kappa shape index (κ1) is 23.2. The molecule has 2 fully saturated rings. The predicted molar refractivity (Wildman–Crippen MR) is 121 cm³/mol. The lowest BCUT2D eigenvalue weighted by Crippen LogP contribution is -2.49. The van der Waals surface area contributed by atoms with Gasteiger partial charge in [-0.2, -0.15) is 5.01 Å². The third kappa shape index (κ3) is 4.45. The van der Waals surface area contributed by atoms with Crippen LogP contribution in [0.25, 0.3) is 0 Å². The molecule has 10 heteroatoms. The predicted octanol–water partition coefficient (Wildman–Crippen LogP) is 4.88. The lowest BCUT2D eigenvalue weighted by atomic mass is 9.76. The number of amides is 3. The number of carbonyl (C=O) groups is 3. The number of nitro benzene ring substituents is 1. The quantitative estimate of drug-likeness (QED) is 0.338. The number of hydrazine groups is 1. The summed E-state index contributed by atoms with van der Waals surface area (Å²) in [5.41, 5.74) is 0.275. The third-order valence-electron chi connectivity index (χ3n) is 6.26. The van der Waals surface area contributed by atoms with Gasteiger partial charge in [0, 0.05) is 17.7 Å². The molecule has 0 radical (unpaired) electrons. The van der Waals surface area contributed by atoms with Crippen molar-refractivity contribution in [2.45, 2.75) is 32.7 Å². The van der Waals surface area contributed by atoms with Crippen LogP contribution in [0.2, 0.25) is 10.0 Å². The minimum absolute atomic E-state index is 0.00639. The van der Waals surface area contributed by atoms with Crippen molar-refractivity contribution in [3.05, 3.63) is 73.8 Å². The van der Waals surface area contributed by atoms with E-state index < -0.39 is 34.5 Å². The molecule has 1 aliphatic carbocycles. The lowest BCUT2D eigenvalue weighted by molar-refractivity contribution is -0.384. The maximum atomic E-state index is 13.5. The monoisotopic (exact) mass is 489 g/mol. The Hall–Kier alpha value is -2.97. The summed E-state index contributed by atoms with van der Waals surface area (Å²) in [6.07, 6.45) is 2.00. The van der Waals surface area contributed by atoms with Crippen LogP contribution in [0, 0.1) is 27.9 Å². The smallest absolute Gasteiger partial charge is 0.272 e. The standard InChI is InChI=1S/C23H21Cl2N3O5/c1-13-5-7-17-18(9-13)23(31)27(22(17)30)26(12-14-6-8-19(24)20(25)10-14)21(29)15-3-2-4-16(11-15)28(32)33/h2-4,6,8,10-11,13,17-18H,5,7,9,12H2,1H3/t13-,17+,18-/m1/s1. The SMILES string of the molecule is C[C@@H]1CC[C@@H]2C(=O)N(N(Cc3ccc(Cl)c(Cl)c3)C(=O)c3cccc([N+](=O)[O-])c3)C(=O)[C@@H]2C1. The lowest BCUT2D eigenvalue weighted by Gasteiger charge is -2.30. The van der Waals surface area contributed by atoms with Crippen molar-refractivity contribution in [2.75, 3.05) is 0 Å². The van der Waals surface area contributed by atoms with Crippen LogP contribution in [-0.2, 0) is 16.1 Å². The fourth-order valence-electron chi connectivity index (χ4n) is 4.56.